The molecule has 0 bridgehead atoms. The Labute approximate surface area is 165 Å². The fourth-order valence-corrected chi connectivity index (χ4v) is 4.02. The van der Waals surface area contributed by atoms with Crippen LogP contribution >= 0.6 is 0 Å². The quantitative estimate of drug-likeness (QED) is 0.808. The zero-order chi connectivity index (χ0) is 19.3. The lowest BCUT2D eigenvalue weighted by atomic mass is 9.92. The number of ether oxygens (including phenoxy) is 2. The molecule has 0 saturated carbocycles. The number of aromatic nitrogens is 2. The van der Waals surface area contributed by atoms with Crippen molar-refractivity contribution in [2.24, 2.45) is 5.92 Å². The minimum atomic E-state index is 0.0950. The zero-order valence-corrected chi connectivity index (χ0v) is 16.3. The standard InChI is InChI=1S/C22H27N3O3/c1-16-4-6-19(7-5-16)28-21-20(23-10-11-24-21)18-3-2-12-25(15-18)22(26)17-8-13-27-14-9-17/h4-7,10-11,17-18H,2-3,8-9,12-15H2,1H3/t18-/m1/s1. The molecule has 0 radical (unpaired) electrons. The average Bonchev–Trinajstić information content (AvgIpc) is 2.76. The summed E-state index contributed by atoms with van der Waals surface area (Å²) >= 11 is 0. The maximum atomic E-state index is 12.9. The first kappa shape index (κ1) is 18.9. The minimum absolute atomic E-state index is 0.0950. The largest absolute Gasteiger partial charge is 0.437 e. The van der Waals surface area contributed by atoms with Gasteiger partial charge in [0.2, 0.25) is 11.8 Å². The van der Waals surface area contributed by atoms with Gasteiger partial charge in [0.1, 0.15) is 11.4 Å². The Kier molecular flexibility index (Phi) is 5.86. The van der Waals surface area contributed by atoms with Gasteiger partial charge in [0.05, 0.1) is 0 Å². The monoisotopic (exact) mass is 381 g/mol. The number of carbonyl (C=O) groups excluding carboxylic acids is 1. The number of hydrogen-bond acceptors (Lipinski definition) is 5. The molecule has 0 N–H and O–H groups in total. The second kappa shape index (κ2) is 8.69. The lowest BCUT2D eigenvalue weighted by Crippen LogP contribution is -2.43. The number of amides is 1. The highest BCUT2D eigenvalue weighted by Crippen LogP contribution is 2.33. The third-order valence-electron chi connectivity index (χ3n) is 5.62. The van der Waals surface area contributed by atoms with E-state index < -0.39 is 0 Å². The van der Waals surface area contributed by atoms with Crippen LogP contribution in [-0.4, -0.2) is 47.1 Å². The Morgan fingerprint density at radius 2 is 1.86 bits per heavy atom. The summed E-state index contributed by atoms with van der Waals surface area (Å²) in [7, 11) is 0. The summed E-state index contributed by atoms with van der Waals surface area (Å²) in [6.45, 7) is 4.92. The number of nitrogens with zero attached hydrogens (tertiary/aromatic N) is 3. The Hall–Kier alpha value is -2.47. The SMILES string of the molecule is Cc1ccc(Oc2nccnc2[C@@H]2CCCN(C(=O)C3CCOCC3)C2)cc1. The van der Waals surface area contributed by atoms with Crippen LogP contribution in [0.25, 0.3) is 0 Å². The highest BCUT2D eigenvalue weighted by Gasteiger charge is 2.32. The van der Waals surface area contributed by atoms with Crippen LogP contribution in [0.15, 0.2) is 36.7 Å². The van der Waals surface area contributed by atoms with Gasteiger partial charge in [-0.25, -0.2) is 4.98 Å². The summed E-state index contributed by atoms with van der Waals surface area (Å²) in [5.74, 6) is 1.79. The van der Waals surface area contributed by atoms with E-state index in [0.29, 0.717) is 25.6 Å². The molecule has 2 aromatic rings. The third kappa shape index (κ3) is 4.33. The molecular formula is C22H27N3O3. The molecule has 1 aromatic heterocycles. The maximum Gasteiger partial charge on any atom is 0.241 e. The van der Waals surface area contributed by atoms with Crippen LogP contribution in [0.5, 0.6) is 11.6 Å². The van der Waals surface area contributed by atoms with Crippen molar-refractivity contribution in [2.45, 2.75) is 38.5 Å². The van der Waals surface area contributed by atoms with Crippen LogP contribution in [0.4, 0.5) is 0 Å². The molecule has 0 unspecified atom stereocenters. The predicted molar refractivity (Wildman–Crippen MR) is 105 cm³/mol. The van der Waals surface area contributed by atoms with Gasteiger partial charge in [0.15, 0.2) is 0 Å². The average molecular weight is 381 g/mol. The molecule has 2 fully saturated rings. The van der Waals surface area contributed by atoms with Crippen LogP contribution in [0.3, 0.4) is 0 Å². The Morgan fingerprint density at radius 1 is 1.11 bits per heavy atom. The lowest BCUT2D eigenvalue weighted by molar-refractivity contribution is -0.139. The van der Waals surface area contributed by atoms with Crippen molar-refractivity contribution in [1.82, 2.24) is 14.9 Å². The van der Waals surface area contributed by atoms with Crippen LogP contribution < -0.4 is 4.74 Å². The van der Waals surface area contributed by atoms with Gasteiger partial charge in [-0.15, -0.1) is 0 Å². The number of likely N-dealkylation sites (tertiary alicyclic amines) is 1. The Balaban J connectivity index is 1.49. The lowest BCUT2D eigenvalue weighted by Gasteiger charge is -2.35. The smallest absolute Gasteiger partial charge is 0.241 e. The summed E-state index contributed by atoms with van der Waals surface area (Å²) in [5, 5.41) is 0. The van der Waals surface area contributed by atoms with Crippen molar-refractivity contribution in [3.05, 3.63) is 47.9 Å². The Morgan fingerprint density at radius 3 is 2.64 bits per heavy atom. The summed E-state index contributed by atoms with van der Waals surface area (Å²) in [4.78, 5) is 24.0. The van der Waals surface area contributed by atoms with E-state index in [-0.39, 0.29) is 17.7 Å². The van der Waals surface area contributed by atoms with Gasteiger partial charge in [0.25, 0.3) is 0 Å². The number of piperidine rings is 1. The third-order valence-corrected chi connectivity index (χ3v) is 5.62. The van der Waals surface area contributed by atoms with Crippen molar-refractivity contribution in [1.29, 1.82) is 0 Å². The highest BCUT2D eigenvalue weighted by atomic mass is 16.5. The number of carbonyl (C=O) groups is 1. The van der Waals surface area contributed by atoms with Gasteiger partial charge in [-0.05, 0) is 44.7 Å². The van der Waals surface area contributed by atoms with E-state index in [4.69, 9.17) is 9.47 Å². The topological polar surface area (TPSA) is 64.6 Å². The molecule has 2 aliphatic heterocycles. The highest BCUT2D eigenvalue weighted by molar-refractivity contribution is 5.79. The molecule has 148 valence electrons. The maximum absolute atomic E-state index is 12.9. The van der Waals surface area contributed by atoms with Gasteiger partial charge in [-0.3, -0.25) is 9.78 Å². The number of aryl methyl sites for hydroxylation is 1. The van der Waals surface area contributed by atoms with Crippen LogP contribution in [0, 0.1) is 12.8 Å². The first-order chi connectivity index (χ1) is 13.7. The van der Waals surface area contributed by atoms with Crippen molar-refractivity contribution in [3.63, 3.8) is 0 Å². The van der Waals surface area contributed by atoms with Crippen molar-refractivity contribution >= 4 is 5.91 Å². The normalized spacial score (nSPS) is 20.8. The molecule has 1 atom stereocenters. The van der Waals surface area contributed by atoms with Crippen LogP contribution in [-0.2, 0) is 9.53 Å². The summed E-state index contributed by atoms with van der Waals surface area (Å²) < 4.78 is 11.4. The molecule has 4 rings (SSSR count). The molecule has 2 aliphatic rings. The van der Waals surface area contributed by atoms with Crippen LogP contribution in [0.1, 0.15) is 42.9 Å². The van der Waals surface area contributed by atoms with E-state index >= 15 is 0 Å². The Bertz CT molecular complexity index is 803. The summed E-state index contributed by atoms with van der Waals surface area (Å²) in [6.07, 6.45) is 6.97. The number of hydrogen-bond donors (Lipinski definition) is 0. The van der Waals surface area contributed by atoms with E-state index in [2.05, 4.69) is 9.97 Å². The molecule has 1 amide bonds. The number of benzene rings is 1. The molecule has 6 nitrogen and oxygen atoms in total. The van der Waals surface area contributed by atoms with Crippen LogP contribution in [0.2, 0.25) is 0 Å². The minimum Gasteiger partial charge on any atom is -0.437 e. The van der Waals surface area contributed by atoms with E-state index in [0.717, 1.165) is 43.7 Å². The first-order valence-electron chi connectivity index (χ1n) is 10.1. The van der Waals surface area contributed by atoms with Gasteiger partial charge in [-0.1, -0.05) is 17.7 Å². The summed E-state index contributed by atoms with van der Waals surface area (Å²) in [6, 6.07) is 7.91. The fourth-order valence-electron chi connectivity index (χ4n) is 4.02. The van der Waals surface area contributed by atoms with Crippen molar-refractivity contribution in [2.75, 3.05) is 26.3 Å². The molecule has 3 heterocycles. The number of rotatable bonds is 4. The predicted octanol–water partition coefficient (Wildman–Crippen LogP) is 3.71. The second-order valence-electron chi connectivity index (χ2n) is 7.67. The van der Waals surface area contributed by atoms with Gasteiger partial charge in [0, 0.05) is 50.5 Å². The van der Waals surface area contributed by atoms with Gasteiger partial charge >= 0.3 is 0 Å². The van der Waals surface area contributed by atoms with E-state index in [1.165, 1.54) is 5.56 Å². The van der Waals surface area contributed by atoms with Gasteiger partial charge in [-0.2, -0.15) is 0 Å². The van der Waals surface area contributed by atoms with E-state index in [1.54, 1.807) is 12.4 Å². The molecule has 1 aromatic carbocycles. The molecule has 0 aliphatic carbocycles. The fraction of sp³-hybridized carbons (Fsp3) is 0.500. The van der Waals surface area contributed by atoms with Crippen molar-refractivity contribution < 1.29 is 14.3 Å². The molecular weight excluding hydrogens is 354 g/mol. The van der Waals surface area contributed by atoms with E-state index in [9.17, 15) is 4.79 Å². The molecule has 0 spiro atoms. The molecule has 2 saturated heterocycles. The first-order valence-corrected chi connectivity index (χ1v) is 10.1. The molecule has 28 heavy (non-hydrogen) atoms. The summed E-state index contributed by atoms with van der Waals surface area (Å²) in [5.41, 5.74) is 2.02. The second-order valence-corrected chi connectivity index (χ2v) is 7.67. The van der Waals surface area contributed by atoms with Crippen molar-refractivity contribution in [3.8, 4) is 11.6 Å². The van der Waals surface area contributed by atoms with E-state index in [1.807, 2.05) is 36.1 Å². The van der Waals surface area contributed by atoms with Gasteiger partial charge < -0.3 is 14.4 Å². The zero-order valence-electron chi connectivity index (χ0n) is 16.3. The molecule has 6 heteroatoms.